The molecule has 1 amide bonds. The molecule has 0 saturated carbocycles. The molecule has 0 spiro atoms. The van der Waals surface area contributed by atoms with Crippen molar-refractivity contribution in [1.29, 1.82) is 0 Å². The number of carbonyl (C=O) groups is 1. The van der Waals surface area contributed by atoms with Crippen molar-refractivity contribution >= 4 is 5.91 Å². The lowest BCUT2D eigenvalue weighted by Crippen LogP contribution is -2.30. The van der Waals surface area contributed by atoms with Crippen molar-refractivity contribution in [2.24, 2.45) is 0 Å². The van der Waals surface area contributed by atoms with Crippen LogP contribution < -0.4 is 5.32 Å². The lowest BCUT2D eigenvalue weighted by atomic mass is 10.1. The lowest BCUT2D eigenvalue weighted by molar-refractivity contribution is -0.119. The van der Waals surface area contributed by atoms with Gasteiger partial charge in [-0.05, 0) is 13.3 Å². The highest BCUT2D eigenvalue weighted by molar-refractivity contribution is 5.73. The highest BCUT2D eigenvalue weighted by Gasteiger charge is 2.00. The molecule has 0 aromatic heterocycles. The van der Waals surface area contributed by atoms with Gasteiger partial charge >= 0.3 is 0 Å². The lowest BCUT2D eigenvalue weighted by Gasteiger charge is -2.10. The average molecular weight is 173 g/mol. The van der Waals surface area contributed by atoms with E-state index in [2.05, 4.69) is 12.2 Å². The Morgan fingerprint density at radius 2 is 1.92 bits per heavy atom. The molecule has 74 valence electrons. The fourth-order valence-corrected chi connectivity index (χ4v) is 0.929. The van der Waals surface area contributed by atoms with Crippen LogP contribution in [0.4, 0.5) is 0 Å². The molecule has 2 heteroatoms. The van der Waals surface area contributed by atoms with Crippen LogP contribution >= 0.6 is 0 Å². The minimum atomic E-state index is 0.0728. The molecule has 12 heavy (non-hydrogen) atoms. The van der Waals surface area contributed by atoms with Crippen LogP contribution in [0.3, 0.4) is 0 Å². The van der Waals surface area contributed by atoms with Crippen LogP contribution in [0.25, 0.3) is 0 Å². The van der Waals surface area contributed by atoms with E-state index in [0.29, 0.717) is 6.04 Å². The number of hydrogen-bond donors (Lipinski definition) is 1. The summed E-state index contributed by atoms with van der Waals surface area (Å²) < 4.78 is 0. The Labute approximate surface area is 76.7 Å². The summed E-state index contributed by atoms with van der Waals surface area (Å²) in [5.41, 5.74) is 0. The Morgan fingerprint density at radius 3 is 2.25 bits per heavy atom. The standard InChI is InChI=1S/C8H17NO.C2H6/c1-4-5-6-7(2)9-8(3)10;1-2/h7H,4-6H2,1-3H3,(H,9,10);1-2H3. The van der Waals surface area contributed by atoms with Gasteiger partial charge in [-0.3, -0.25) is 4.79 Å². The monoisotopic (exact) mass is 173 g/mol. The van der Waals surface area contributed by atoms with Crippen molar-refractivity contribution < 1.29 is 4.79 Å². The third kappa shape index (κ3) is 12.2. The summed E-state index contributed by atoms with van der Waals surface area (Å²) >= 11 is 0. The van der Waals surface area contributed by atoms with E-state index >= 15 is 0 Å². The normalized spacial score (nSPS) is 11.1. The molecule has 0 aromatic carbocycles. The summed E-state index contributed by atoms with van der Waals surface area (Å²) in [5, 5.41) is 2.84. The van der Waals surface area contributed by atoms with Crippen LogP contribution in [-0.4, -0.2) is 11.9 Å². The highest BCUT2D eigenvalue weighted by Crippen LogP contribution is 1.98. The Hall–Kier alpha value is -0.530. The number of nitrogens with one attached hydrogen (secondary N) is 1. The second-order valence-electron chi connectivity index (χ2n) is 2.74. The minimum absolute atomic E-state index is 0.0728. The molecule has 0 aromatic rings. The fraction of sp³-hybridized carbons (Fsp3) is 0.900. The van der Waals surface area contributed by atoms with Gasteiger partial charge in [-0.2, -0.15) is 0 Å². The zero-order valence-electron chi connectivity index (χ0n) is 9.11. The Morgan fingerprint density at radius 1 is 1.42 bits per heavy atom. The van der Waals surface area contributed by atoms with Crippen LogP contribution in [0.1, 0.15) is 53.9 Å². The summed E-state index contributed by atoms with van der Waals surface area (Å²) in [6, 6.07) is 0.345. The van der Waals surface area contributed by atoms with Gasteiger partial charge in [0, 0.05) is 13.0 Å². The largest absolute Gasteiger partial charge is 0.354 e. The average Bonchev–Trinajstić information content (AvgIpc) is 2.03. The number of carbonyl (C=O) groups excluding carboxylic acids is 1. The van der Waals surface area contributed by atoms with Crippen molar-refractivity contribution in [2.45, 2.75) is 59.9 Å². The van der Waals surface area contributed by atoms with Crippen LogP contribution in [-0.2, 0) is 4.79 Å². The predicted molar refractivity (Wildman–Crippen MR) is 54.2 cm³/mol. The first-order valence-electron chi connectivity index (χ1n) is 4.94. The molecular formula is C10H23NO. The first kappa shape index (κ1) is 14.0. The molecule has 2 nitrogen and oxygen atoms in total. The van der Waals surface area contributed by atoms with Crippen molar-refractivity contribution in [3.8, 4) is 0 Å². The zero-order chi connectivity index (χ0) is 9.98. The second kappa shape index (κ2) is 10.5. The summed E-state index contributed by atoms with van der Waals surface area (Å²) in [6.45, 7) is 9.75. The Bertz CT molecular complexity index is 102. The molecular weight excluding hydrogens is 150 g/mol. The molecule has 1 unspecified atom stereocenters. The topological polar surface area (TPSA) is 29.1 Å². The van der Waals surface area contributed by atoms with E-state index in [9.17, 15) is 4.79 Å². The van der Waals surface area contributed by atoms with Crippen molar-refractivity contribution in [1.82, 2.24) is 5.32 Å². The first-order chi connectivity index (χ1) is 5.66. The molecule has 0 aliphatic heterocycles. The Kier molecular flexibility index (Phi) is 12.2. The predicted octanol–water partition coefficient (Wildman–Crippen LogP) is 2.73. The molecule has 0 heterocycles. The fourth-order valence-electron chi connectivity index (χ4n) is 0.929. The number of rotatable bonds is 4. The van der Waals surface area contributed by atoms with Gasteiger partial charge in [0.1, 0.15) is 0 Å². The van der Waals surface area contributed by atoms with Gasteiger partial charge in [0.15, 0.2) is 0 Å². The summed E-state index contributed by atoms with van der Waals surface area (Å²) in [7, 11) is 0. The van der Waals surface area contributed by atoms with E-state index < -0.39 is 0 Å². The number of hydrogen-bond acceptors (Lipinski definition) is 1. The smallest absolute Gasteiger partial charge is 0.217 e. The SMILES string of the molecule is CC.CCCCC(C)NC(C)=O. The van der Waals surface area contributed by atoms with E-state index in [1.807, 2.05) is 20.8 Å². The second-order valence-corrected chi connectivity index (χ2v) is 2.74. The van der Waals surface area contributed by atoms with E-state index in [1.165, 1.54) is 12.8 Å². The third-order valence-electron chi connectivity index (χ3n) is 1.44. The molecule has 0 saturated heterocycles. The molecule has 0 aliphatic rings. The van der Waals surface area contributed by atoms with E-state index in [0.717, 1.165) is 6.42 Å². The zero-order valence-corrected chi connectivity index (χ0v) is 9.11. The Balaban J connectivity index is 0. The van der Waals surface area contributed by atoms with Crippen LogP contribution in [0.2, 0.25) is 0 Å². The van der Waals surface area contributed by atoms with Crippen molar-refractivity contribution in [2.75, 3.05) is 0 Å². The highest BCUT2D eigenvalue weighted by atomic mass is 16.1. The quantitative estimate of drug-likeness (QED) is 0.696. The van der Waals surface area contributed by atoms with E-state index in [-0.39, 0.29) is 5.91 Å². The van der Waals surface area contributed by atoms with E-state index in [4.69, 9.17) is 0 Å². The first-order valence-corrected chi connectivity index (χ1v) is 4.94. The van der Waals surface area contributed by atoms with Crippen molar-refractivity contribution in [3.63, 3.8) is 0 Å². The number of amides is 1. The maximum Gasteiger partial charge on any atom is 0.217 e. The minimum Gasteiger partial charge on any atom is -0.354 e. The summed E-state index contributed by atoms with van der Waals surface area (Å²) in [6.07, 6.45) is 3.49. The van der Waals surface area contributed by atoms with Crippen molar-refractivity contribution in [3.05, 3.63) is 0 Å². The molecule has 0 radical (unpaired) electrons. The molecule has 1 N–H and O–H groups in total. The van der Waals surface area contributed by atoms with Crippen LogP contribution in [0.5, 0.6) is 0 Å². The van der Waals surface area contributed by atoms with Gasteiger partial charge in [0.05, 0.1) is 0 Å². The maximum absolute atomic E-state index is 10.5. The van der Waals surface area contributed by atoms with Crippen LogP contribution in [0.15, 0.2) is 0 Å². The van der Waals surface area contributed by atoms with Gasteiger partial charge in [-0.1, -0.05) is 33.6 Å². The van der Waals surface area contributed by atoms with Gasteiger partial charge < -0.3 is 5.32 Å². The third-order valence-corrected chi connectivity index (χ3v) is 1.44. The number of unbranched alkanes of at least 4 members (excludes halogenated alkanes) is 1. The molecule has 0 bridgehead atoms. The molecule has 0 aliphatic carbocycles. The van der Waals surface area contributed by atoms with Gasteiger partial charge in [0.2, 0.25) is 5.91 Å². The van der Waals surface area contributed by atoms with Gasteiger partial charge in [-0.25, -0.2) is 0 Å². The summed E-state index contributed by atoms with van der Waals surface area (Å²) in [4.78, 5) is 10.5. The van der Waals surface area contributed by atoms with Gasteiger partial charge in [0.25, 0.3) is 0 Å². The van der Waals surface area contributed by atoms with E-state index in [1.54, 1.807) is 6.92 Å². The molecule has 1 atom stereocenters. The molecule has 0 fully saturated rings. The summed E-state index contributed by atoms with van der Waals surface area (Å²) in [5.74, 6) is 0.0728. The van der Waals surface area contributed by atoms with Gasteiger partial charge in [-0.15, -0.1) is 0 Å². The molecule has 0 rings (SSSR count). The van der Waals surface area contributed by atoms with Crippen LogP contribution in [0, 0.1) is 0 Å². The maximum atomic E-state index is 10.5.